The fraction of sp³-hybridized carbons (Fsp3) is 0.611. The summed E-state index contributed by atoms with van der Waals surface area (Å²) in [4.78, 5) is 19.3. The summed E-state index contributed by atoms with van der Waals surface area (Å²) >= 11 is 0. The molecule has 2 saturated heterocycles. The third kappa shape index (κ3) is 3.67. The quantitative estimate of drug-likeness (QED) is 0.845. The van der Waals surface area contributed by atoms with E-state index in [9.17, 15) is 4.79 Å². The molecule has 0 aromatic heterocycles. The number of rotatable bonds is 4. The molecule has 0 bridgehead atoms. The lowest BCUT2D eigenvalue weighted by atomic mass is 10.1. The van der Waals surface area contributed by atoms with Crippen LogP contribution >= 0.6 is 0 Å². The van der Waals surface area contributed by atoms with Crippen molar-refractivity contribution in [3.8, 4) is 0 Å². The lowest BCUT2D eigenvalue weighted by Crippen LogP contribution is -2.49. The number of amides is 1. The Labute approximate surface area is 138 Å². The molecule has 1 amide bonds. The zero-order valence-electron chi connectivity index (χ0n) is 14.2. The van der Waals surface area contributed by atoms with Crippen molar-refractivity contribution in [2.24, 2.45) is 0 Å². The fourth-order valence-electron chi connectivity index (χ4n) is 3.59. The number of anilines is 1. The molecule has 126 valence electrons. The standard InChI is InChI=1S/C18H27N3O2/c1-19(2)16-7-4-3-6-15(16)14-21-9-5-8-17(21)18(22)20-10-12-23-13-11-20/h3-4,6-7,17H,5,8-14H2,1-2H3/t17-/m1/s1. The molecule has 0 saturated carbocycles. The molecule has 23 heavy (non-hydrogen) atoms. The van der Waals surface area contributed by atoms with E-state index < -0.39 is 0 Å². The van der Waals surface area contributed by atoms with Gasteiger partial charge in [-0.1, -0.05) is 18.2 Å². The molecule has 0 radical (unpaired) electrons. The van der Waals surface area contributed by atoms with Gasteiger partial charge in [0, 0.05) is 39.4 Å². The summed E-state index contributed by atoms with van der Waals surface area (Å²) in [5.41, 5.74) is 2.52. The minimum absolute atomic E-state index is 0.0309. The summed E-state index contributed by atoms with van der Waals surface area (Å²) in [7, 11) is 4.14. The van der Waals surface area contributed by atoms with E-state index >= 15 is 0 Å². The number of hydrogen-bond donors (Lipinski definition) is 0. The molecular weight excluding hydrogens is 290 g/mol. The average molecular weight is 317 g/mol. The first-order valence-electron chi connectivity index (χ1n) is 8.52. The second-order valence-corrected chi connectivity index (χ2v) is 6.59. The summed E-state index contributed by atoms with van der Waals surface area (Å²) < 4.78 is 5.36. The molecule has 0 spiro atoms. The molecule has 0 unspecified atom stereocenters. The topological polar surface area (TPSA) is 36.0 Å². The summed E-state index contributed by atoms with van der Waals surface area (Å²) in [6.07, 6.45) is 2.07. The average Bonchev–Trinajstić information content (AvgIpc) is 3.03. The van der Waals surface area contributed by atoms with Crippen LogP contribution in [0.25, 0.3) is 0 Å². The van der Waals surface area contributed by atoms with Crippen LogP contribution in [-0.4, -0.2) is 68.7 Å². The zero-order chi connectivity index (χ0) is 16.2. The van der Waals surface area contributed by atoms with Gasteiger partial charge in [-0.15, -0.1) is 0 Å². The zero-order valence-corrected chi connectivity index (χ0v) is 14.2. The highest BCUT2D eigenvalue weighted by atomic mass is 16.5. The lowest BCUT2D eigenvalue weighted by molar-refractivity contribution is -0.140. The first-order valence-corrected chi connectivity index (χ1v) is 8.52. The van der Waals surface area contributed by atoms with Crippen LogP contribution in [0.3, 0.4) is 0 Å². The molecule has 2 aliphatic rings. The van der Waals surface area contributed by atoms with Gasteiger partial charge in [0.2, 0.25) is 5.91 Å². The second-order valence-electron chi connectivity index (χ2n) is 6.59. The maximum atomic E-state index is 12.8. The van der Waals surface area contributed by atoms with E-state index in [1.807, 2.05) is 4.90 Å². The Balaban J connectivity index is 1.71. The number of para-hydroxylation sites is 1. The third-order valence-electron chi connectivity index (χ3n) is 4.82. The summed E-state index contributed by atoms with van der Waals surface area (Å²) in [6.45, 7) is 4.65. The number of nitrogens with zero attached hydrogens (tertiary/aromatic N) is 3. The SMILES string of the molecule is CN(C)c1ccccc1CN1CCC[C@@H]1C(=O)N1CCOCC1. The Morgan fingerprint density at radius 3 is 2.70 bits per heavy atom. The van der Waals surface area contributed by atoms with Crippen molar-refractivity contribution in [2.75, 3.05) is 51.8 Å². The summed E-state index contributed by atoms with van der Waals surface area (Å²) in [5.74, 6) is 0.285. The Kier molecular flexibility index (Phi) is 5.18. The Hall–Kier alpha value is -1.59. The van der Waals surface area contributed by atoms with E-state index in [0.29, 0.717) is 13.2 Å². The van der Waals surface area contributed by atoms with Crippen molar-refractivity contribution in [3.05, 3.63) is 29.8 Å². The van der Waals surface area contributed by atoms with Gasteiger partial charge in [-0.2, -0.15) is 0 Å². The van der Waals surface area contributed by atoms with Crippen molar-refractivity contribution in [1.82, 2.24) is 9.80 Å². The van der Waals surface area contributed by atoms with Gasteiger partial charge >= 0.3 is 0 Å². The number of carbonyl (C=O) groups is 1. The second kappa shape index (κ2) is 7.32. The predicted octanol–water partition coefficient (Wildman–Crippen LogP) is 1.58. The van der Waals surface area contributed by atoms with Crippen LogP contribution in [0.15, 0.2) is 24.3 Å². The highest BCUT2D eigenvalue weighted by molar-refractivity contribution is 5.82. The Bertz CT molecular complexity index is 541. The third-order valence-corrected chi connectivity index (χ3v) is 4.82. The summed E-state index contributed by atoms with van der Waals surface area (Å²) in [5, 5.41) is 0. The maximum Gasteiger partial charge on any atom is 0.240 e. The van der Waals surface area contributed by atoms with Crippen molar-refractivity contribution >= 4 is 11.6 Å². The molecule has 1 aromatic rings. The van der Waals surface area contributed by atoms with Gasteiger partial charge in [0.25, 0.3) is 0 Å². The maximum absolute atomic E-state index is 12.8. The van der Waals surface area contributed by atoms with Gasteiger partial charge in [0.1, 0.15) is 0 Å². The van der Waals surface area contributed by atoms with Gasteiger partial charge in [-0.25, -0.2) is 0 Å². The minimum Gasteiger partial charge on any atom is -0.378 e. The van der Waals surface area contributed by atoms with Gasteiger partial charge < -0.3 is 14.5 Å². The van der Waals surface area contributed by atoms with Crippen LogP contribution < -0.4 is 4.90 Å². The molecule has 5 heteroatoms. The molecule has 2 fully saturated rings. The van der Waals surface area contributed by atoms with Crippen LogP contribution in [0.1, 0.15) is 18.4 Å². The first kappa shape index (κ1) is 16.3. The van der Waals surface area contributed by atoms with Crippen molar-refractivity contribution in [3.63, 3.8) is 0 Å². The molecule has 5 nitrogen and oxygen atoms in total. The van der Waals surface area contributed by atoms with Crippen LogP contribution in [0.5, 0.6) is 0 Å². The Morgan fingerprint density at radius 2 is 1.96 bits per heavy atom. The number of hydrogen-bond acceptors (Lipinski definition) is 4. The first-order chi connectivity index (χ1) is 11.2. The fourth-order valence-corrected chi connectivity index (χ4v) is 3.59. The smallest absolute Gasteiger partial charge is 0.240 e. The van der Waals surface area contributed by atoms with Crippen molar-refractivity contribution < 1.29 is 9.53 Å². The molecule has 3 rings (SSSR count). The predicted molar refractivity (Wildman–Crippen MR) is 91.6 cm³/mol. The van der Waals surface area contributed by atoms with Gasteiger partial charge in [0.15, 0.2) is 0 Å². The van der Waals surface area contributed by atoms with E-state index in [1.54, 1.807) is 0 Å². The molecule has 2 aliphatic heterocycles. The number of ether oxygens (including phenoxy) is 1. The largest absolute Gasteiger partial charge is 0.378 e. The lowest BCUT2D eigenvalue weighted by Gasteiger charge is -2.33. The molecule has 1 aromatic carbocycles. The van der Waals surface area contributed by atoms with Gasteiger partial charge in [-0.3, -0.25) is 9.69 Å². The van der Waals surface area contributed by atoms with E-state index in [2.05, 4.69) is 48.2 Å². The molecule has 1 atom stereocenters. The molecule has 0 N–H and O–H groups in total. The number of likely N-dealkylation sites (tertiary alicyclic amines) is 1. The molecular formula is C18H27N3O2. The normalized spacial score (nSPS) is 22.3. The van der Waals surface area contributed by atoms with E-state index in [0.717, 1.165) is 39.0 Å². The van der Waals surface area contributed by atoms with E-state index in [4.69, 9.17) is 4.74 Å². The van der Waals surface area contributed by atoms with Crippen LogP contribution in [0.2, 0.25) is 0 Å². The monoisotopic (exact) mass is 317 g/mol. The summed E-state index contributed by atoms with van der Waals surface area (Å²) in [6, 6.07) is 8.49. The number of benzene rings is 1. The van der Waals surface area contributed by atoms with Crippen LogP contribution in [0.4, 0.5) is 5.69 Å². The minimum atomic E-state index is 0.0309. The van der Waals surface area contributed by atoms with Crippen molar-refractivity contribution in [1.29, 1.82) is 0 Å². The highest BCUT2D eigenvalue weighted by Crippen LogP contribution is 2.26. The molecule has 2 heterocycles. The molecule has 0 aliphatic carbocycles. The Morgan fingerprint density at radius 1 is 1.22 bits per heavy atom. The van der Waals surface area contributed by atoms with Crippen LogP contribution in [0, 0.1) is 0 Å². The van der Waals surface area contributed by atoms with Gasteiger partial charge in [0.05, 0.1) is 19.3 Å². The van der Waals surface area contributed by atoms with Crippen LogP contribution in [-0.2, 0) is 16.1 Å². The number of morpholine rings is 1. The van der Waals surface area contributed by atoms with E-state index in [1.165, 1.54) is 11.3 Å². The van der Waals surface area contributed by atoms with E-state index in [-0.39, 0.29) is 11.9 Å². The van der Waals surface area contributed by atoms with Crippen molar-refractivity contribution in [2.45, 2.75) is 25.4 Å². The number of carbonyl (C=O) groups excluding carboxylic acids is 1. The van der Waals surface area contributed by atoms with Gasteiger partial charge in [-0.05, 0) is 31.0 Å². The highest BCUT2D eigenvalue weighted by Gasteiger charge is 2.34.